The van der Waals surface area contributed by atoms with Gasteiger partial charge in [0.05, 0.1) is 14.2 Å². The van der Waals surface area contributed by atoms with Crippen LogP contribution in [-0.2, 0) is 13.0 Å². The molecule has 1 fully saturated rings. The van der Waals surface area contributed by atoms with Crippen molar-refractivity contribution in [3.63, 3.8) is 0 Å². The third kappa shape index (κ3) is 3.92. The molecule has 2 amide bonds. The van der Waals surface area contributed by atoms with Crippen LogP contribution in [0.1, 0.15) is 17.5 Å². The number of para-hydroxylation sites is 1. The molecule has 4 rings (SSSR count). The fraction of sp³-hybridized carbons (Fsp3) is 0.409. The average Bonchev–Trinajstić information content (AvgIpc) is 3.34. The molecule has 2 aliphatic heterocycles. The van der Waals surface area contributed by atoms with Gasteiger partial charge in [-0.2, -0.15) is 0 Å². The summed E-state index contributed by atoms with van der Waals surface area (Å²) in [4.78, 5) is 17.0. The highest BCUT2D eigenvalue weighted by atomic mass is 16.5. The first-order valence-corrected chi connectivity index (χ1v) is 9.76. The van der Waals surface area contributed by atoms with Crippen LogP contribution in [0.4, 0.5) is 10.5 Å². The van der Waals surface area contributed by atoms with Gasteiger partial charge < -0.3 is 14.8 Å². The Morgan fingerprint density at radius 1 is 1.11 bits per heavy atom. The minimum Gasteiger partial charge on any atom is -0.497 e. The van der Waals surface area contributed by atoms with Crippen LogP contribution in [0, 0.1) is 0 Å². The van der Waals surface area contributed by atoms with Gasteiger partial charge in [-0.25, -0.2) is 4.79 Å². The van der Waals surface area contributed by atoms with Crippen LogP contribution >= 0.6 is 0 Å². The third-order valence-electron chi connectivity index (χ3n) is 5.55. The number of nitrogens with zero attached hydrogens (tertiary/aromatic N) is 2. The zero-order chi connectivity index (χ0) is 19.5. The molecule has 6 heteroatoms. The summed E-state index contributed by atoms with van der Waals surface area (Å²) in [5.74, 6) is 1.59. The summed E-state index contributed by atoms with van der Waals surface area (Å²) < 4.78 is 10.7. The molecule has 1 atom stereocenters. The fourth-order valence-corrected chi connectivity index (χ4v) is 4.11. The van der Waals surface area contributed by atoms with Crippen LogP contribution in [0.15, 0.2) is 42.5 Å². The molecule has 2 aromatic rings. The van der Waals surface area contributed by atoms with E-state index in [9.17, 15) is 4.79 Å². The quantitative estimate of drug-likeness (QED) is 0.865. The van der Waals surface area contributed by atoms with Crippen molar-refractivity contribution in [2.45, 2.75) is 25.4 Å². The molecule has 0 saturated carbocycles. The zero-order valence-electron chi connectivity index (χ0n) is 16.5. The number of anilines is 1. The van der Waals surface area contributed by atoms with E-state index in [0.717, 1.165) is 61.8 Å². The number of nitrogens with one attached hydrogen (secondary N) is 1. The Bertz CT molecular complexity index is 832. The van der Waals surface area contributed by atoms with E-state index < -0.39 is 0 Å². The summed E-state index contributed by atoms with van der Waals surface area (Å²) >= 11 is 0. The minimum atomic E-state index is 0.0137. The highest BCUT2D eigenvalue weighted by Gasteiger charge is 2.29. The SMILES string of the molecule is COc1cc(CN2CCC(NC(=O)N3CCc4ccccc43)C2)cc(OC)c1. The minimum absolute atomic E-state index is 0.0137. The predicted molar refractivity (Wildman–Crippen MR) is 109 cm³/mol. The first kappa shape index (κ1) is 18.6. The topological polar surface area (TPSA) is 54.0 Å². The van der Waals surface area contributed by atoms with Crippen molar-refractivity contribution < 1.29 is 14.3 Å². The average molecular weight is 381 g/mol. The van der Waals surface area contributed by atoms with Crippen molar-refractivity contribution >= 4 is 11.7 Å². The molecule has 2 aromatic carbocycles. The Hall–Kier alpha value is -2.73. The number of fused-ring (bicyclic) bond motifs is 1. The molecule has 28 heavy (non-hydrogen) atoms. The van der Waals surface area contributed by atoms with Crippen LogP contribution in [0.3, 0.4) is 0 Å². The van der Waals surface area contributed by atoms with E-state index in [2.05, 4.69) is 16.3 Å². The van der Waals surface area contributed by atoms with E-state index in [1.54, 1.807) is 14.2 Å². The molecular weight excluding hydrogens is 354 g/mol. The smallest absolute Gasteiger partial charge is 0.322 e. The van der Waals surface area contributed by atoms with E-state index in [1.165, 1.54) is 5.56 Å². The molecule has 0 radical (unpaired) electrons. The summed E-state index contributed by atoms with van der Waals surface area (Å²) in [5, 5.41) is 3.22. The number of benzene rings is 2. The molecule has 2 aliphatic rings. The van der Waals surface area contributed by atoms with Gasteiger partial charge in [0, 0.05) is 44.0 Å². The van der Waals surface area contributed by atoms with Gasteiger partial charge in [-0.05, 0) is 42.2 Å². The zero-order valence-corrected chi connectivity index (χ0v) is 16.5. The number of methoxy groups -OCH3 is 2. The lowest BCUT2D eigenvalue weighted by Gasteiger charge is -2.22. The number of hydrogen-bond acceptors (Lipinski definition) is 4. The van der Waals surface area contributed by atoms with Gasteiger partial charge in [0.25, 0.3) is 0 Å². The van der Waals surface area contributed by atoms with Crippen molar-refractivity contribution in [2.75, 3.05) is 38.8 Å². The monoisotopic (exact) mass is 381 g/mol. The molecule has 2 heterocycles. The molecule has 1 unspecified atom stereocenters. The van der Waals surface area contributed by atoms with Gasteiger partial charge in [0.1, 0.15) is 11.5 Å². The Kier molecular flexibility index (Phi) is 5.39. The van der Waals surface area contributed by atoms with Crippen molar-refractivity contribution in [1.82, 2.24) is 10.2 Å². The number of hydrogen-bond donors (Lipinski definition) is 1. The van der Waals surface area contributed by atoms with Crippen LogP contribution in [0.2, 0.25) is 0 Å². The number of urea groups is 1. The number of carbonyl (C=O) groups is 1. The highest BCUT2D eigenvalue weighted by Crippen LogP contribution is 2.28. The van der Waals surface area contributed by atoms with Crippen molar-refractivity contribution in [3.8, 4) is 11.5 Å². The molecule has 0 aromatic heterocycles. The Morgan fingerprint density at radius 2 is 1.86 bits per heavy atom. The van der Waals surface area contributed by atoms with Gasteiger partial charge >= 0.3 is 6.03 Å². The van der Waals surface area contributed by atoms with Crippen LogP contribution < -0.4 is 19.7 Å². The fourth-order valence-electron chi connectivity index (χ4n) is 4.11. The number of ether oxygens (including phenoxy) is 2. The first-order valence-electron chi connectivity index (χ1n) is 9.76. The second-order valence-corrected chi connectivity index (χ2v) is 7.42. The maximum absolute atomic E-state index is 12.8. The Balaban J connectivity index is 1.34. The molecular formula is C22H27N3O3. The molecule has 6 nitrogen and oxygen atoms in total. The molecule has 148 valence electrons. The Morgan fingerprint density at radius 3 is 2.61 bits per heavy atom. The summed E-state index contributed by atoms with van der Waals surface area (Å²) in [6.45, 7) is 3.37. The lowest BCUT2D eigenvalue weighted by molar-refractivity contribution is 0.242. The van der Waals surface area contributed by atoms with Gasteiger partial charge in [-0.1, -0.05) is 18.2 Å². The second kappa shape index (κ2) is 8.10. The second-order valence-electron chi connectivity index (χ2n) is 7.42. The van der Waals surface area contributed by atoms with Crippen molar-refractivity contribution in [3.05, 3.63) is 53.6 Å². The van der Waals surface area contributed by atoms with Crippen molar-refractivity contribution in [2.24, 2.45) is 0 Å². The standard InChI is InChI=1S/C22H27N3O3/c1-27-19-11-16(12-20(13-19)28-2)14-24-9-8-18(15-24)23-22(26)25-10-7-17-5-3-4-6-21(17)25/h3-6,11-13,18H,7-10,14-15H2,1-2H3,(H,23,26). The maximum atomic E-state index is 12.8. The molecule has 0 bridgehead atoms. The van der Waals surface area contributed by atoms with Crippen LogP contribution in [-0.4, -0.2) is 50.8 Å². The van der Waals surface area contributed by atoms with Gasteiger partial charge in [-0.15, -0.1) is 0 Å². The molecule has 1 N–H and O–H groups in total. The number of amides is 2. The largest absolute Gasteiger partial charge is 0.497 e. The van der Waals surface area contributed by atoms with Gasteiger partial charge in [0.2, 0.25) is 0 Å². The van der Waals surface area contributed by atoms with E-state index in [0.29, 0.717) is 0 Å². The Labute approximate surface area is 166 Å². The van der Waals surface area contributed by atoms with E-state index in [-0.39, 0.29) is 12.1 Å². The van der Waals surface area contributed by atoms with Crippen LogP contribution in [0.5, 0.6) is 11.5 Å². The normalized spacial score (nSPS) is 18.8. The van der Waals surface area contributed by atoms with E-state index >= 15 is 0 Å². The lowest BCUT2D eigenvalue weighted by atomic mass is 10.2. The van der Waals surface area contributed by atoms with E-state index in [1.807, 2.05) is 41.3 Å². The van der Waals surface area contributed by atoms with Gasteiger partial charge in [-0.3, -0.25) is 9.80 Å². The van der Waals surface area contributed by atoms with Gasteiger partial charge in [0.15, 0.2) is 0 Å². The number of rotatable bonds is 5. The van der Waals surface area contributed by atoms with E-state index in [4.69, 9.17) is 9.47 Å². The highest BCUT2D eigenvalue weighted by molar-refractivity contribution is 5.94. The molecule has 0 aliphatic carbocycles. The predicted octanol–water partition coefficient (Wildman–Crippen LogP) is 3.05. The molecule has 1 saturated heterocycles. The summed E-state index contributed by atoms with van der Waals surface area (Å²) in [6, 6.07) is 14.3. The molecule has 0 spiro atoms. The van der Waals surface area contributed by atoms with Crippen LogP contribution in [0.25, 0.3) is 0 Å². The lowest BCUT2D eigenvalue weighted by Crippen LogP contribution is -2.45. The summed E-state index contributed by atoms with van der Waals surface area (Å²) in [5.41, 5.74) is 3.44. The summed E-state index contributed by atoms with van der Waals surface area (Å²) in [6.07, 6.45) is 1.89. The third-order valence-corrected chi connectivity index (χ3v) is 5.55. The maximum Gasteiger partial charge on any atom is 0.322 e. The first-order chi connectivity index (χ1) is 13.7. The number of carbonyl (C=O) groups excluding carboxylic acids is 1. The number of likely N-dealkylation sites (tertiary alicyclic amines) is 1. The van der Waals surface area contributed by atoms with Crippen molar-refractivity contribution in [1.29, 1.82) is 0 Å². The summed E-state index contributed by atoms with van der Waals surface area (Å²) in [7, 11) is 3.33.